The summed E-state index contributed by atoms with van der Waals surface area (Å²) in [5.41, 5.74) is 0. The number of carbonyl (C=O) groups excluding carboxylic acids is 3. The van der Waals surface area contributed by atoms with Gasteiger partial charge in [-0.1, -0.05) is 13.8 Å². The molecule has 0 saturated heterocycles. The molecule has 0 bridgehead atoms. The number of hydrogen-bond donors (Lipinski definition) is 1. The highest BCUT2D eigenvalue weighted by atomic mass is 16.5. The second kappa shape index (κ2) is 7.47. The summed E-state index contributed by atoms with van der Waals surface area (Å²) >= 11 is 0. The summed E-state index contributed by atoms with van der Waals surface area (Å²) in [5, 5.41) is 2.56. The Balaban J connectivity index is 2.59. The molecule has 0 saturated carbocycles. The van der Waals surface area contributed by atoms with Crippen molar-refractivity contribution in [3.05, 3.63) is 24.2 Å². The van der Waals surface area contributed by atoms with Gasteiger partial charge in [0.25, 0.3) is 5.91 Å². The number of nitrogens with zero attached hydrogens (tertiary/aromatic N) is 1. The van der Waals surface area contributed by atoms with E-state index < -0.39 is 23.8 Å². The molecule has 0 spiro atoms. The van der Waals surface area contributed by atoms with Crippen LogP contribution in [0, 0.1) is 5.92 Å². The molecule has 0 aliphatic heterocycles. The minimum atomic E-state index is -0.741. The maximum Gasteiger partial charge on any atom is 0.328 e. The third-order valence-electron chi connectivity index (χ3n) is 2.90. The third kappa shape index (κ3) is 4.62. The quantitative estimate of drug-likeness (QED) is 0.779. The van der Waals surface area contributed by atoms with Crippen molar-refractivity contribution in [1.29, 1.82) is 0 Å². The topological polar surface area (TPSA) is 88.9 Å². The maximum atomic E-state index is 11.9. The van der Waals surface area contributed by atoms with Gasteiger partial charge in [-0.15, -0.1) is 0 Å². The van der Waals surface area contributed by atoms with Gasteiger partial charge < -0.3 is 19.4 Å². The number of ether oxygens (including phenoxy) is 1. The van der Waals surface area contributed by atoms with Crippen LogP contribution in [0.2, 0.25) is 0 Å². The molecule has 1 rings (SSSR count). The number of furan rings is 1. The van der Waals surface area contributed by atoms with E-state index in [2.05, 4.69) is 10.1 Å². The van der Waals surface area contributed by atoms with Gasteiger partial charge in [0, 0.05) is 7.05 Å². The molecule has 7 nitrogen and oxygen atoms in total. The molecule has 0 aromatic carbocycles. The molecule has 1 N–H and O–H groups in total. The Morgan fingerprint density at radius 3 is 2.52 bits per heavy atom. The minimum absolute atomic E-state index is 0.118. The van der Waals surface area contributed by atoms with Crippen molar-refractivity contribution >= 4 is 17.8 Å². The van der Waals surface area contributed by atoms with Crippen LogP contribution in [0.5, 0.6) is 0 Å². The summed E-state index contributed by atoms with van der Waals surface area (Å²) in [6, 6.07) is 2.37. The first-order valence-electron chi connectivity index (χ1n) is 6.53. The standard InChI is InChI=1S/C14H20N2O5/c1-9(2)12(14(19)20-4)15-11(17)8-16(3)13(18)10-6-5-7-21-10/h5-7,9,12H,8H2,1-4H3,(H,15,17). The van der Waals surface area contributed by atoms with Crippen molar-refractivity contribution in [2.75, 3.05) is 20.7 Å². The van der Waals surface area contributed by atoms with Crippen LogP contribution in [-0.2, 0) is 14.3 Å². The Morgan fingerprint density at radius 2 is 2.05 bits per heavy atom. The van der Waals surface area contributed by atoms with E-state index in [-0.39, 0.29) is 18.2 Å². The number of carbonyl (C=O) groups is 3. The third-order valence-corrected chi connectivity index (χ3v) is 2.90. The van der Waals surface area contributed by atoms with Crippen LogP contribution in [0.25, 0.3) is 0 Å². The number of nitrogens with one attached hydrogen (secondary N) is 1. The fraction of sp³-hybridized carbons (Fsp3) is 0.500. The molecule has 0 aliphatic rings. The largest absolute Gasteiger partial charge is 0.467 e. The molecule has 2 amide bonds. The SMILES string of the molecule is COC(=O)C(NC(=O)CN(C)C(=O)c1ccco1)C(C)C. The lowest BCUT2D eigenvalue weighted by molar-refractivity contribution is -0.146. The first kappa shape index (κ1) is 16.7. The first-order chi connectivity index (χ1) is 9.86. The Morgan fingerprint density at radius 1 is 1.38 bits per heavy atom. The highest BCUT2D eigenvalue weighted by Crippen LogP contribution is 2.05. The molecule has 1 aromatic heterocycles. The van der Waals surface area contributed by atoms with Gasteiger partial charge in [-0.2, -0.15) is 0 Å². The first-order valence-corrected chi connectivity index (χ1v) is 6.53. The van der Waals surface area contributed by atoms with Gasteiger partial charge >= 0.3 is 5.97 Å². The molecule has 21 heavy (non-hydrogen) atoms. The van der Waals surface area contributed by atoms with Gasteiger partial charge in [-0.25, -0.2) is 4.79 Å². The van der Waals surface area contributed by atoms with Gasteiger partial charge in [0.05, 0.1) is 19.9 Å². The molecular weight excluding hydrogens is 276 g/mol. The highest BCUT2D eigenvalue weighted by molar-refractivity contribution is 5.94. The fourth-order valence-electron chi connectivity index (χ4n) is 1.72. The molecular formula is C14H20N2O5. The van der Waals surface area contributed by atoms with Crippen molar-refractivity contribution in [3.63, 3.8) is 0 Å². The molecule has 1 heterocycles. The van der Waals surface area contributed by atoms with Crippen molar-refractivity contribution < 1.29 is 23.5 Å². The van der Waals surface area contributed by atoms with E-state index in [1.807, 2.05) is 0 Å². The van der Waals surface area contributed by atoms with Crippen LogP contribution in [0.15, 0.2) is 22.8 Å². The van der Waals surface area contributed by atoms with E-state index >= 15 is 0 Å². The molecule has 1 aromatic rings. The number of rotatable bonds is 6. The van der Waals surface area contributed by atoms with Crippen LogP contribution < -0.4 is 5.32 Å². The summed E-state index contributed by atoms with van der Waals surface area (Å²) in [5.74, 6) is -1.33. The summed E-state index contributed by atoms with van der Waals surface area (Å²) in [7, 11) is 2.74. The minimum Gasteiger partial charge on any atom is -0.467 e. The van der Waals surface area contributed by atoms with E-state index in [4.69, 9.17) is 4.42 Å². The number of methoxy groups -OCH3 is 1. The molecule has 0 fully saturated rings. The average Bonchev–Trinajstić information content (AvgIpc) is 2.96. The molecule has 1 unspecified atom stereocenters. The van der Waals surface area contributed by atoms with Gasteiger partial charge in [-0.3, -0.25) is 9.59 Å². The second-order valence-electron chi connectivity index (χ2n) is 4.95. The van der Waals surface area contributed by atoms with Gasteiger partial charge in [0.1, 0.15) is 6.04 Å². The maximum absolute atomic E-state index is 11.9. The molecule has 0 radical (unpaired) electrons. The number of esters is 1. The predicted molar refractivity (Wildman–Crippen MR) is 74.5 cm³/mol. The predicted octanol–water partition coefficient (Wildman–Crippen LogP) is 0.665. The van der Waals surface area contributed by atoms with Crippen LogP contribution in [0.1, 0.15) is 24.4 Å². The van der Waals surface area contributed by atoms with Crippen LogP contribution in [0.4, 0.5) is 0 Å². The molecule has 116 valence electrons. The van der Waals surface area contributed by atoms with Gasteiger partial charge in [0.2, 0.25) is 5.91 Å². The van der Waals surface area contributed by atoms with Gasteiger partial charge in [-0.05, 0) is 18.1 Å². The molecule has 0 aliphatic carbocycles. The lowest BCUT2D eigenvalue weighted by Gasteiger charge is -2.22. The van der Waals surface area contributed by atoms with Crippen LogP contribution in [-0.4, -0.2) is 49.4 Å². The zero-order chi connectivity index (χ0) is 16.0. The van der Waals surface area contributed by atoms with Crippen LogP contribution >= 0.6 is 0 Å². The number of likely N-dealkylation sites (N-methyl/N-ethyl adjacent to an activating group) is 1. The molecule has 7 heteroatoms. The summed E-state index contributed by atoms with van der Waals surface area (Å²) in [6.45, 7) is 3.40. The van der Waals surface area contributed by atoms with Gasteiger partial charge in [0.15, 0.2) is 5.76 Å². The van der Waals surface area contributed by atoms with E-state index in [0.717, 1.165) is 0 Å². The zero-order valence-corrected chi connectivity index (χ0v) is 12.6. The lowest BCUT2D eigenvalue weighted by atomic mass is 10.0. The summed E-state index contributed by atoms with van der Waals surface area (Å²) in [6.07, 6.45) is 1.38. The Hall–Kier alpha value is -2.31. The fourth-order valence-corrected chi connectivity index (χ4v) is 1.72. The number of amides is 2. The van der Waals surface area contributed by atoms with E-state index in [1.165, 1.54) is 31.4 Å². The Kier molecular flexibility index (Phi) is 5.95. The second-order valence-corrected chi connectivity index (χ2v) is 4.95. The van der Waals surface area contributed by atoms with Crippen molar-refractivity contribution in [2.24, 2.45) is 5.92 Å². The van der Waals surface area contributed by atoms with Crippen molar-refractivity contribution in [2.45, 2.75) is 19.9 Å². The summed E-state index contributed by atoms with van der Waals surface area (Å²) < 4.78 is 9.61. The van der Waals surface area contributed by atoms with Crippen molar-refractivity contribution in [3.8, 4) is 0 Å². The monoisotopic (exact) mass is 296 g/mol. The van der Waals surface area contributed by atoms with E-state index in [0.29, 0.717) is 0 Å². The highest BCUT2D eigenvalue weighted by Gasteiger charge is 2.26. The normalized spacial score (nSPS) is 11.9. The lowest BCUT2D eigenvalue weighted by Crippen LogP contribution is -2.48. The smallest absolute Gasteiger partial charge is 0.328 e. The average molecular weight is 296 g/mol. The van der Waals surface area contributed by atoms with Crippen molar-refractivity contribution in [1.82, 2.24) is 10.2 Å². The Bertz CT molecular complexity index is 495. The summed E-state index contributed by atoms with van der Waals surface area (Å²) in [4.78, 5) is 36.6. The van der Waals surface area contributed by atoms with E-state index in [1.54, 1.807) is 19.9 Å². The Labute approximate surface area is 123 Å². The van der Waals surface area contributed by atoms with Crippen LogP contribution in [0.3, 0.4) is 0 Å². The molecule has 1 atom stereocenters. The zero-order valence-electron chi connectivity index (χ0n) is 12.6. The van der Waals surface area contributed by atoms with E-state index in [9.17, 15) is 14.4 Å². The number of hydrogen-bond acceptors (Lipinski definition) is 5.